The molecule has 0 heterocycles. The lowest BCUT2D eigenvalue weighted by atomic mass is 9.74. The Morgan fingerprint density at radius 1 is 0.388 bits per heavy atom. The van der Waals surface area contributed by atoms with Crippen molar-refractivity contribution in [2.45, 2.75) is 5.54 Å². The molecule has 49 heavy (non-hydrogen) atoms. The van der Waals surface area contributed by atoms with E-state index in [1.165, 1.54) is 27.5 Å². The Morgan fingerprint density at radius 3 is 1.39 bits per heavy atom. The molecule has 8 aromatic rings. The number of rotatable bonds is 8. The van der Waals surface area contributed by atoms with Gasteiger partial charge >= 0.3 is 0 Å². The molecule has 0 spiro atoms. The van der Waals surface area contributed by atoms with Gasteiger partial charge in [0.2, 0.25) is 0 Å². The van der Waals surface area contributed by atoms with Crippen molar-refractivity contribution in [2.24, 2.45) is 0 Å². The van der Waals surface area contributed by atoms with E-state index in [1.807, 2.05) is 0 Å². The fourth-order valence-corrected chi connectivity index (χ4v) is 7.88. The SMILES string of the molecule is Brc1ccc(-c2ccccc2)c(N(c2cccc3ccccc23)C(c2ccccc2)(c2ccccc2)c2ccccc2)c1-c1ccccc1. The molecule has 8 rings (SSSR count). The highest BCUT2D eigenvalue weighted by Gasteiger charge is 2.45. The van der Waals surface area contributed by atoms with Gasteiger partial charge in [0.1, 0.15) is 5.54 Å². The van der Waals surface area contributed by atoms with Gasteiger partial charge in [0.25, 0.3) is 0 Å². The minimum absolute atomic E-state index is 0.804. The molecule has 0 aliphatic rings. The molecule has 0 radical (unpaired) electrons. The average molecular weight is 693 g/mol. The first kappa shape index (κ1) is 30.6. The van der Waals surface area contributed by atoms with E-state index in [2.05, 4.69) is 227 Å². The van der Waals surface area contributed by atoms with Crippen molar-refractivity contribution < 1.29 is 0 Å². The summed E-state index contributed by atoms with van der Waals surface area (Å²) in [6.45, 7) is 0. The Kier molecular flexibility index (Phi) is 8.39. The highest BCUT2D eigenvalue weighted by molar-refractivity contribution is 9.10. The second kappa shape index (κ2) is 13.4. The minimum Gasteiger partial charge on any atom is -0.321 e. The monoisotopic (exact) mass is 691 g/mol. The second-order valence-electron chi connectivity index (χ2n) is 12.2. The van der Waals surface area contributed by atoms with Crippen LogP contribution in [0.3, 0.4) is 0 Å². The van der Waals surface area contributed by atoms with E-state index < -0.39 is 5.54 Å². The zero-order valence-corrected chi connectivity index (χ0v) is 28.5. The largest absolute Gasteiger partial charge is 0.321 e. The third-order valence-electron chi connectivity index (χ3n) is 9.42. The number of anilines is 2. The Balaban J connectivity index is 1.65. The Labute approximate surface area is 296 Å². The van der Waals surface area contributed by atoms with Gasteiger partial charge < -0.3 is 4.90 Å². The Bertz CT molecular complexity index is 2220. The summed E-state index contributed by atoms with van der Waals surface area (Å²) < 4.78 is 1.03. The van der Waals surface area contributed by atoms with Crippen LogP contribution in [0.4, 0.5) is 11.4 Å². The molecule has 0 amide bonds. The van der Waals surface area contributed by atoms with E-state index in [1.54, 1.807) is 0 Å². The molecule has 2 heteroatoms. The van der Waals surface area contributed by atoms with Gasteiger partial charge in [-0.15, -0.1) is 0 Å². The molecule has 1 nitrogen and oxygen atoms in total. The highest BCUT2D eigenvalue weighted by atomic mass is 79.9. The van der Waals surface area contributed by atoms with Crippen LogP contribution >= 0.6 is 15.9 Å². The topological polar surface area (TPSA) is 3.24 Å². The van der Waals surface area contributed by atoms with Gasteiger partial charge in [-0.3, -0.25) is 0 Å². The van der Waals surface area contributed by atoms with Crippen LogP contribution in [0.15, 0.2) is 211 Å². The first-order valence-electron chi connectivity index (χ1n) is 16.6. The molecule has 8 aromatic carbocycles. The van der Waals surface area contributed by atoms with Crippen molar-refractivity contribution in [3.8, 4) is 22.3 Å². The zero-order chi connectivity index (χ0) is 33.0. The second-order valence-corrected chi connectivity index (χ2v) is 13.0. The van der Waals surface area contributed by atoms with Gasteiger partial charge in [-0.25, -0.2) is 0 Å². The van der Waals surface area contributed by atoms with Crippen LogP contribution in [0.1, 0.15) is 16.7 Å². The fraction of sp³-hybridized carbons (Fsp3) is 0.0213. The number of benzene rings is 8. The standard InChI is InChI=1S/C47H34BrN/c48-43-34-33-42(36-19-6-1-7-20-36)46(45(43)37-22-8-2-9-23-37)49(44-32-18-24-35-21-16-17-31-41(35)44)47(38-25-10-3-11-26-38,39-27-12-4-13-28-39)40-29-14-5-15-30-40/h1-34H. The molecule has 0 aromatic heterocycles. The van der Waals surface area contributed by atoms with Gasteiger partial charge in [0.05, 0.1) is 11.4 Å². The van der Waals surface area contributed by atoms with Gasteiger partial charge in [0, 0.05) is 21.0 Å². The van der Waals surface area contributed by atoms with Gasteiger partial charge in [-0.2, -0.15) is 0 Å². The first-order chi connectivity index (χ1) is 24.3. The average Bonchev–Trinajstić information content (AvgIpc) is 3.18. The maximum Gasteiger partial charge on any atom is 0.121 e. The molecule has 0 atom stereocenters. The van der Waals surface area contributed by atoms with Crippen LogP contribution in [-0.4, -0.2) is 0 Å². The van der Waals surface area contributed by atoms with E-state index in [0.717, 1.165) is 38.1 Å². The van der Waals surface area contributed by atoms with Crippen molar-refractivity contribution in [3.63, 3.8) is 0 Å². The molecule has 234 valence electrons. The quantitative estimate of drug-likeness (QED) is 0.143. The van der Waals surface area contributed by atoms with Crippen LogP contribution in [0.2, 0.25) is 0 Å². The first-order valence-corrected chi connectivity index (χ1v) is 17.4. The molecule has 0 unspecified atom stereocenters. The van der Waals surface area contributed by atoms with Crippen molar-refractivity contribution in [1.29, 1.82) is 0 Å². The van der Waals surface area contributed by atoms with E-state index in [9.17, 15) is 0 Å². The van der Waals surface area contributed by atoms with Crippen LogP contribution < -0.4 is 4.90 Å². The maximum atomic E-state index is 4.09. The number of hydrogen-bond donors (Lipinski definition) is 0. The van der Waals surface area contributed by atoms with E-state index >= 15 is 0 Å². The summed E-state index contributed by atoms with van der Waals surface area (Å²) in [5.41, 5.74) is 9.47. The minimum atomic E-state index is -0.804. The van der Waals surface area contributed by atoms with E-state index in [-0.39, 0.29) is 0 Å². The predicted molar refractivity (Wildman–Crippen MR) is 210 cm³/mol. The smallest absolute Gasteiger partial charge is 0.121 e. The number of halogens is 1. The van der Waals surface area contributed by atoms with Gasteiger partial charge in [0.15, 0.2) is 0 Å². The number of nitrogens with zero attached hydrogens (tertiary/aromatic N) is 1. The van der Waals surface area contributed by atoms with Gasteiger partial charge in [-0.05, 0) is 45.3 Å². The number of hydrogen-bond acceptors (Lipinski definition) is 1. The maximum absolute atomic E-state index is 4.09. The molecule has 0 aliphatic carbocycles. The van der Waals surface area contributed by atoms with Crippen molar-refractivity contribution >= 4 is 38.1 Å². The molecular weight excluding hydrogens is 658 g/mol. The van der Waals surface area contributed by atoms with Crippen molar-refractivity contribution in [2.75, 3.05) is 4.90 Å². The summed E-state index contributed by atoms with van der Waals surface area (Å²) in [6, 6.07) is 74.4. The third kappa shape index (κ3) is 5.45. The summed E-state index contributed by atoms with van der Waals surface area (Å²) in [6.07, 6.45) is 0. The summed E-state index contributed by atoms with van der Waals surface area (Å²) in [7, 11) is 0. The van der Waals surface area contributed by atoms with Crippen LogP contribution in [0, 0.1) is 0 Å². The normalized spacial score (nSPS) is 11.4. The molecule has 0 fully saturated rings. The third-order valence-corrected chi connectivity index (χ3v) is 10.1. The molecule has 0 aliphatic heterocycles. The fourth-order valence-electron chi connectivity index (χ4n) is 7.33. The Morgan fingerprint density at radius 2 is 0.837 bits per heavy atom. The van der Waals surface area contributed by atoms with E-state index in [4.69, 9.17) is 0 Å². The molecule has 0 N–H and O–H groups in total. The highest BCUT2D eigenvalue weighted by Crippen LogP contribution is 2.56. The molecule has 0 bridgehead atoms. The lowest BCUT2D eigenvalue weighted by Crippen LogP contribution is -2.46. The molecular formula is C47H34BrN. The van der Waals surface area contributed by atoms with Crippen LogP contribution in [0.5, 0.6) is 0 Å². The summed E-state index contributed by atoms with van der Waals surface area (Å²) in [5, 5.41) is 2.36. The molecule has 0 saturated carbocycles. The lowest BCUT2D eigenvalue weighted by molar-refractivity contribution is 0.629. The van der Waals surface area contributed by atoms with Crippen LogP contribution in [0.25, 0.3) is 33.0 Å². The summed E-state index contributed by atoms with van der Waals surface area (Å²) in [4.78, 5) is 2.63. The Hall–Kier alpha value is -5.70. The number of fused-ring (bicyclic) bond motifs is 1. The van der Waals surface area contributed by atoms with Crippen LogP contribution in [-0.2, 0) is 5.54 Å². The lowest BCUT2D eigenvalue weighted by Gasteiger charge is -2.49. The van der Waals surface area contributed by atoms with Gasteiger partial charge in [-0.1, -0.05) is 210 Å². The summed E-state index contributed by atoms with van der Waals surface area (Å²) >= 11 is 4.09. The predicted octanol–water partition coefficient (Wildman–Crippen LogP) is 13.1. The van der Waals surface area contributed by atoms with E-state index in [0.29, 0.717) is 0 Å². The molecule has 0 saturated heterocycles. The van der Waals surface area contributed by atoms with Crippen molar-refractivity contribution in [1.82, 2.24) is 0 Å². The summed E-state index contributed by atoms with van der Waals surface area (Å²) in [5.74, 6) is 0. The zero-order valence-electron chi connectivity index (χ0n) is 27.0. The van der Waals surface area contributed by atoms with Crippen molar-refractivity contribution in [3.05, 3.63) is 227 Å².